The molecule has 1 aromatic carbocycles. The topological polar surface area (TPSA) is 44.8 Å². The van der Waals surface area contributed by atoms with Gasteiger partial charge in [0.15, 0.2) is 11.5 Å². The Labute approximate surface area is 138 Å². The predicted octanol–water partition coefficient (Wildman–Crippen LogP) is 4.32. The number of hydrogen-bond acceptors (Lipinski definition) is 4. The van der Waals surface area contributed by atoms with Crippen LogP contribution in [0.3, 0.4) is 0 Å². The summed E-state index contributed by atoms with van der Waals surface area (Å²) in [4.78, 5) is 12.5. The number of carbonyl (C=O) groups is 1. The fourth-order valence-corrected chi connectivity index (χ4v) is 3.35. The molecule has 0 bridgehead atoms. The summed E-state index contributed by atoms with van der Waals surface area (Å²) in [5, 5.41) is 0. The monoisotopic (exact) mass is 366 g/mol. The van der Waals surface area contributed by atoms with Crippen LogP contribution in [0.2, 0.25) is 0 Å². The van der Waals surface area contributed by atoms with Crippen molar-refractivity contribution in [3.63, 3.8) is 0 Å². The van der Waals surface area contributed by atoms with E-state index < -0.39 is 0 Å². The van der Waals surface area contributed by atoms with Crippen molar-refractivity contribution in [3.05, 3.63) is 28.3 Å². The highest BCUT2D eigenvalue weighted by molar-refractivity contribution is 9.10. The van der Waals surface area contributed by atoms with E-state index in [0.717, 1.165) is 0 Å². The molecule has 1 aliphatic heterocycles. The molecule has 5 heteroatoms. The van der Waals surface area contributed by atoms with Crippen molar-refractivity contribution in [2.45, 2.75) is 27.7 Å². The molecule has 0 radical (unpaired) electrons. The normalized spacial score (nSPS) is 23.9. The number of carbonyl (C=O) groups excluding carboxylic acids is 1. The van der Waals surface area contributed by atoms with Gasteiger partial charge in [0, 0.05) is 12.1 Å². The molecule has 0 N–H and O–H groups in total. The van der Waals surface area contributed by atoms with Gasteiger partial charge in [-0.1, -0.05) is 25.5 Å². The van der Waals surface area contributed by atoms with Crippen LogP contribution in [0.5, 0.6) is 17.2 Å². The molecule has 1 aliphatic carbocycles. The van der Waals surface area contributed by atoms with Crippen molar-refractivity contribution in [1.29, 1.82) is 0 Å². The van der Waals surface area contributed by atoms with Crippen LogP contribution in [-0.2, 0) is 4.79 Å². The summed E-state index contributed by atoms with van der Waals surface area (Å²) in [5.41, 5.74) is 1.16. The molecule has 22 heavy (non-hydrogen) atoms. The Kier molecular flexibility index (Phi) is 3.71. The van der Waals surface area contributed by atoms with Gasteiger partial charge < -0.3 is 14.2 Å². The zero-order valence-corrected chi connectivity index (χ0v) is 14.7. The smallest absolute Gasteiger partial charge is 0.315 e. The first kappa shape index (κ1) is 15.4. The third-order valence-electron chi connectivity index (χ3n) is 4.32. The van der Waals surface area contributed by atoms with E-state index in [1.54, 1.807) is 12.1 Å². The maximum Gasteiger partial charge on any atom is 0.315 e. The minimum atomic E-state index is -0.202. The van der Waals surface area contributed by atoms with Crippen LogP contribution < -0.4 is 14.2 Å². The Bertz CT molecular complexity index is 659. The molecular weight excluding hydrogens is 348 g/mol. The number of halogens is 1. The van der Waals surface area contributed by atoms with E-state index in [0.29, 0.717) is 21.7 Å². The maximum atomic E-state index is 12.5. The van der Waals surface area contributed by atoms with Crippen LogP contribution in [0.1, 0.15) is 27.7 Å². The molecule has 1 heterocycles. The zero-order valence-electron chi connectivity index (χ0n) is 13.1. The van der Waals surface area contributed by atoms with Gasteiger partial charge in [0.2, 0.25) is 6.79 Å². The Morgan fingerprint density at radius 2 is 1.95 bits per heavy atom. The molecule has 0 aromatic heterocycles. The SMILES string of the molecule is CC(C)=C[C@@H]1[C@@H](C(=O)Oc2cc3c(cc2Br)OCO3)C1(C)C. The highest BCUT2D eigenvalue weighted by Crippen LogP contribution is 2.60. The summed E-state index contributed by atoms with van der Waals surface area (Å²) in [7, 11) is 0. The van der Waals surface area contributed by atoms with E-state index in [9.17, 15) is 4.79 Å². The summed E-state index contributed by atoms with van der Waals surface area (Å²) >= 11 is 3.41. The van der Waals surface area contributed by atoms with Crippen molar-refractivity contribution in [3.8, 4) is 17.2 Å². The molecule has 1 fully saturated rings. The maximum absolute atomic E-state index is 12.5. The van der Waals surface area contributed by atoms with Crippen LogP contribution in [0.15, 0.2) is 28.3 Å². The van der Waals surface area contributed by atoms with Crippen LogP contribution >= 0.6 is 15.9 Å². The van der Waals surface area contributed by atoms with Gasteiger partial charge in [-0.25, -0.2) is 0 Å². The van der Waals surface area contributed by atoms with E-state index in [2.05, 4.69) is 35.9 Å². The van der Waals surface area contributed by atoms with Gasteiger partial charge in [-0.15, -0.1) is 0 Å². The first-order valence-corrected chi connectivity index (χ1v) is 8.06. The van der Waals surface area contributed by atoms with Crippen LogP contribution in [0.4, 0.5) is 0 Å². The Balaban J connectivity index is 1.77. The second kappa shape index (κ2) is 5.30. The second-order valence-corrected chi connectivity index (χ2v) is 7.48. The molecule has 2 aliphatic rings. The quantitative estimate of drug-likeness (QED) is 0.453. The highest BCUT2D eigenvalue weighted by Gasteiger charge is 2.61. The second-order valence-electron chi connectivity index (χ2n) is 6.63. The van der Waals surface area contributed by atoms with Crippen molar-refractivity contribution < 1.29 is 19.0 Å². The lowest BCUT2D eigenvalue weighted by molar-refractivity contribution is -0.136. The number of fused-ring (bicyclic) bond motifs is 1. The molecule has 0 spiro atoms. The minimum absolute atomic E-state index is 0.0584. The molecule has 118 valence electrons. The van der Waals surface area contributed by atoms with Gasteiger partial charge in [0.1, 0.15) is 5.75 Å². The largest absolute Gasteiger partial charge is 0.454 e. The van der Waals surface area contributed by atoms with E-state index in [4.69, 9.17) is 14.2 Å². The number of allylic oxidation sites excluding steroid dienone is 2. The van der Waals surface area contributed by atoms with Gasteiger partial charge in [0.25, 0.3) is 0 Å². The molecule has 2 atom stereocenters. The number of hydrogen-bond donors (Lipinski definition) is 0. The summed E-state index contributed by atoms with van der Waals surface area (Å²) in [6.45, 7) is 8.48. The lowest BCUT2D eigenvalue weighted by Gasteiger charge is -2.08. The van der Waals surface area contributed by atoms with E-state index >= 15 is 0 Å². The average Bonchev–Trinajstić information content (AvgIpc) is 2.76. The van der Waals surface area contributed by atoms with E-state index in [1.807, 2.05) is 13.8 Å². The Morgan fingerprint density at radius 3 is 2.59 bits per heavy atom. The minimum Gasteiger partial charge on any atom is -0.454 e. The molecule has 4 nitrogen and oxygen atoms in total. The van der Waals surface area contributed by atoms with Gasteiger partial charge >= 0.3 is 5.97 Å². The number of ether oxygens (including phenoxy) is 3. The lowest BCUT2D eigenvalue weighted by Crippen LogP contribution is -2.14. The predicted molar refractivity (Wildman–Crippen MR) is 86.1 cm³/mol. The number of rotatable bonds is 3. The molecule has 1 aromatic rings. The first-order chi connectivity index (χ1) is 10.3. The van der Waals surface area contributed by atoms with Gasteiger partial charge in [0.05, 0.1) is 10.4 Å². The van der Waals surface area contributed by atoms with E-state index in [1.165, 1.54) is 5.57 Å². The third-order valence-corrected chi connectivity index (χ3v) is 4.93. The molecule has 0 saturated heterocycles. The van der Waals surface area contributed by atoms with Crippen LogP contribution in [0.25, 0.3) is 0 Å². The molecule has 1 saturated carbocycles. The van der Waals surface area contributed by atoms with Gasteiger partial charge in [-0.3, -0.25) is 4.79 Å². The Hall–Kier alpha value is -1.49. The first-order valence-electron chi connectivity index (χ1n) is 7.26. The fourth-order valence-electron chi connectivity index (χ4n) is 2.95. The summed E-state index contributed by atoms with van der Waals surface area (Å²) in [6.07, 6.45) is 2.15. The van der Waals surface area contributed by atoms with Crippen molar-refractivity contribution in [1.82, 2.24) is 0 Å². The number of benzene rings is 1. The van der Waals surface area contributed by atoms with Crippen LogP contribution in [-0.4, -0.2) is 12.8 Å². The van der Waals surface area contributed by atoms with Crippen molar-refractivity contribution in [2.24, 2.45) is 17.3 Å². The third kappa shape index (κ3) is 2.62. The van der Waals surface area contributed by atoms with Crippen molar-refractivity contribution >= 4 is 21.9 Å². The van der Waals surface area contributed by atoms with Crippen LogP contribution in [0, 0.1) is 17.3 Å². The summed E-state index contributed by atoms with van der Waals surface area (Å²) in [6, 6.07) is 3.45. The van der Waals surface area contributed by atoms with Gasteiger partial charge in [-0.05, 0) is 41.1 Å². The fraction of sp³-hybridized carbons (Fsp3) is 0.471. The zero-order chi connectivity index (χ0) is 16.1. The number of esters is 1. The average molecular weight is 367 g/mol. The van der Waals surface area contributed by atoms with Gasteiger partial charge in [-0.2, -0.15) is 0 Å². The lowest BCUT2D eigenvalue weighted by atomic mass is 10.1. The standard InChI is InChI=1S/C17H19BrO4/c1-9(2)5-10-15(17(10,3)4)16(19)22-12-7-14-13(6-11(12)18)20-8-21-14/h5-7,10,15H,8H2,1-4H3/t10-,15+/m1/s1. The summed E-state index contributed by atoms with van der Waals surface area (Å²) in [5.74, 6) is 1.64. The molecule has 0 unspecified atom stereocenters. The summed E-state index contributed by atoms with van der Waals surface area (Å²) < 4.78 is 16.9. The Morgan fingerprint density at radius 1 is 1.32 bits per heavy atom. The highest BCUT2D eigenvalue weighted by atomic mass is 79.9. The molecule has 3 rings (SSSR count). The van der Waals surface area contributed by atoms with E-state index in [-0.39, 0.29) is 30.0 Å². The molecular formula is C17H19BrO4. The molecule has 0 amide bonds. The van der Waals surface area contributed by atoms with Crippen molar-refractivity contribution in [2.75, 3.05) is 6.79 Å².